The average molecular weight is 281 g/mol. The Morgan fingerprint density at radius 3 is 2.84 bits per heavy atom. The van der Waals surface area contributed by atoms with Crippen LogP contribution in [0.3, 0.4) is 0 Å². The molecule has 3 nitrogen and oxygen atoms in total. The van der Waals surface area contributed by atoms with Crippen molar-refractivity contribution in [2.45, 2.75) is 46.3 Å². The topological polar surface area (TPSA) is 29.5 Å². The number of rotatable bonds is 4. The number of hydrogen-bond donors (Lipinski definition) is 0. The predicted octanol–water partition coefficient (Wildman–Crippen LogP) is 3.30. The molecule has 1 atom stereocenters. The number of carbonyl (C=O) groups is 1. The minimum atomic E-state index is -0.337. The van der Waals surface area contributed by atoms with Crippen molar-refractivity contribution in [1.82, 2.24) is 4.90 Å². The zero-order valence-corrected chi connectivity index (χ0v) is 12.8. The van der Waals surface area contributed by atoms with Crippen LogP contribution in [-0.4, -0.2) is 30.1 Å². The molecular weight excluding hydrogens is 258 g/mol. The summed E-state index contributed by atoms with van der Waals surface area (Å²) >= 11 is 1.70. The Balaban J connectivity index is 2.05. The molecule has 1 saturated heterocycles. The van der Waals surface area contributed by atoms with Gasteiger partial charge in [0.15, 0.2) is 0 Å². The Kier molecular flexibility index (Phi) is 4.63. The minimum absolute atomic E-state index is 0.205. The highest BCUT2D eigenvalue weighted by Crippen LogP contribution is 2.23. The zero-order valence-electron chi connectivity index (χ0n) is 12.0. The molecule has 1 unspecified atom stereocenters. The van der Waals surface area contributed by atoms with Crippen LogP contribution in [0.2, 0.25) is 0 Å². The third-order valence-corrected chi connectivity index (χ3v) is 4.16. The van der Waals surface area contributed by atoms with Crippen LogP contribution in [0.15, 0.2) is 17.5 Å². The summed E-state index contributed by atoms with van der Waals surface area (Å²) < 4.78 is 5.67. The predicted molar refractivity (Wildman–Crippen MR) is 78.2 cm³/mol. The van der Waals surface area contributed by atoms with Gasteiger partial charge in [0.1, 0.15) is 0 Å². The van der Waals surface area contributed by atoms with E-state index in [1.807, 2.05) is 31.7 Å². The van der Waals surface area contributed by atoms with E-state index in [1.165, 1.54) is 4.88 Å². The number of hydrogen-bond acceptors (Lipinski definition) is 3. The summed E-state index contributed by atoms with van der Waals surface area (Å²) in [6.07, 6.45) is 2.39. The second-order valence-corrected chi connectivity index (χ2v) is 7.18. The molecule has 0 N–H and O–H groups in total. The lowest BCUT2D eigenvalue weighted by Gasteiger charge is -2.31. The third kappa shape index (κ3) is 4.05. The fourth-order valence-electron chi connectivity index (χ4n) is 2.32. The molecule has 106 valence electrons. The molecule has 0 saturated carbocycles. The van der Waals surface area contributed by atoms with Gasteiger partial charge < -0.3 is 9.64 Å². The summed E-state index contributed by atoms with van der Waals surface area (Å²) in [4.78, 5) is 15.7. The fourth-order valence-corrected chi connectivity index (χ4v) is 3.04. The normalized spacial score (nSPS) is 19.6. The first kappa shape index (κ1) is 14.5. The van der Waals surface area contributed by atoms with Gasteiger partial charge >= 0.3 is 0 Å². The maximum atomic E-state index is 12.6. The van der Waals surface area contributed by atoms with Gasteiger partial charge in [-0.15, -0.1) is 11.3 Å². The minimum Gasteiger partial charge on any atom is -0.376 e. The monoisotopic (exact) mass is 281 g/mol. The van der Waals surface area contributed by atoms with Gasteiger partial charge in [-0.25, -0.2) is 0 Å². The van der Waals surface area contributed by atoms with Crippen LogP contribution in [0.1, 0.15) is 38.5 Å². The molecule has 1 aromatic rings. The van der Waals surface area contributed by atoms with Crippen molar-refractivity contribution in [1.29, 1.82) is 0 Å². The van der Waals surface area contributed by atoms with Gasteiger partial charge in [0.2, 0.25) is 5.91 Å². The van der Waals surface area contributed by atoms with Crippen molar-refractivity contribution in [3.63, 3.8) is 0 Å². The van der Waals surface area contributed by atoms with Gasteiger partial charge in [-0.1, -0.05) is 26.8 Å². The molecule has 1 aliphatic rings. The van der Waals surface area contributed by atoms with Crippen molar-refractivity contribution >= 4 is 17.2 Å². The Morgan fingerprint density at radius 1 is 1.53 bits per heavy atom. The lowest BCUT2D eigenvalue weighted by molar-refractivity contribution is -0.141. The number of amides is 1. The molecular formula is C15H23NO2S. The van der Waals surface area contributed by atoms with Gasteiger partial charge in [-0.05, 0) is 24.3 Å². The quantitative estimate of drug-likeness (QED) is 0.847. The lowest BCUT2D eigenvalue weighted by atomic mass is 9.94. The summed E-state index contributed by atoms with van der Waals surface area (Å²) in [5.74, 6) is 0.205. The molecule has 0 radical (unpaired) electrons. The molecule has 1 amide bonds. The molecule has 1 aromatic heterocycles. The standard InChI is InChI=1S/C15H23NO2S/c1-15(2,3)14(17)16(10-12-6-4-8-18-12)11-13-7-5-9-19-13/h5,7,9,12H,4,6,8,10-11H2,1-3H3. The van der Waals surface area contributed by atoms with E-state index in [2.05, 4.69) is 11.4 Å². The van der Waals surface area contributed by atoms with E-state index in [-0.39, 0.29) is 17.4 Å². The summed E-state index contributed by atoms with van der Waals surface area (Å²) in [7, 11) is 0. The van der Waals surface area contributed by atoms with Gasteiger partial charge in [-0.3, -0.25) is 4.79 Å². The molecule has 1 fully saturated rings. The summed E-state index contributed by atoms with van der Waals surface area (Å²) in [5.41, 5.74) is -0.337. The maximum Gasteiger partial charge on any atom is 0.228 e. The molecule has 0 bridgehead atoms. The highest BCUT2D eigenvalue weighted by molar-refractivity contribution is 7.09. The van der Waals surface area contributed by atoms with Crippen molar-refractivity contribution in [2.24, 2.45) is 5.41 Å². The highest BCUT2D eigenvalue weighted by Gasteiger charge is 2.30. The van der Waals surface area contributed by atoms with E-state index in [0.717, 1.165) is 19.4 Å². The molecule has 0 spiro atoms. The number of nitrogens with zero attached hydrogens (tertiary/aromatic N) is 1. The van der Waals surface area contributed by atoms with E-state index in [0.29, 0.717) is 13.1 Å². The van der Waals surface area contributed by atoms with Crippen LogP contribution in [0.4, 0.5) is 0 Å². The van der Waals surface area contributed by atoms with Crippen LogP contribution in [-0.2, 0) is 16.1 Å². The Bertz CT molecular complexity index is 402. The summed E-state index contributed by atoms with van der Waals surface area (Å²) in [6, 6.07) is 4.12. The van der Waals surface area contributed by atoms with Gasteiger partial charge in [-0.2, -0.15) is 0 Å². The van der Waals surface area contributed by atoms with Crippen LogP contribution in [0.25, 0.3) is 0 Å². The maximum absolute atomic E-state index is 12.6. The van der Waals surface area contributed by atoms with E-state index in [1.54, 1.807) is 11.3 Å². The second kappa shape index (κ2) is 6.06. The average Bonchev–Trinajstić information content (AvgIpc) is 2.98. The van der Waals surface area contributed by atoms with Crippen LogP contribution in [0, 0.1) is 5.41 Å². The van der Waals surface area contributed by atoms with E-state index in [4.69, 9.17) is 4.74 Å². The number of thiophene rings is 1. The van der Waals surface area contributed by atoms with Crippen LogP contribution < -0.4 is 0 Å². The Labute approximate surface area is 119 Å². The molecule has 0 aliphatic carbocycles. The van der Waals surface area contributed by atoms with Gasteiger partial charge in [0.25, 0.3) is 0 Å². The number of carbonyl (C=O) groups excluding carboxylic acids is 1. The third-order valence-electron chi connectivity index (χ3n) is 3.30. The lowest BCUT2D eigenvalue weighted by Crippen LogP contribution is -2.42. The molecule has 2 rings (SSSR count). The van der Waals surface area contributed by atoms with Crippen molar-refractivity contribution < 1.29 is 9.53 Å². The van der Waals surface area contributed by atoms with Crippen molar-refractivity contribution in [3.05, 3.63) is 22.4 Å². The van der Waals surface area contributed by atoms with E-state index < -0.39 is 0 Å². The zero-order chi connectivity index (χ0) is 13.9. The van der Waals surface area contributed by atoms with Gasteiger partial charge in [0, 0.05) is 23.4 Å². The molecule has 0 aromatic carbocycles. The first-order valence-corrected chi connectivity index (χ1v) is 7.78. The highest BCUT2D eigenvalue weighted by atomic mass is 32.1. The first-order valence-electron chi connectivity index (χ1n) is 6.90. The van der Waals surface area contributed by atoms with Gasteiger partial charge in [0.05, 0.1) is 12.6 Å². The Morgan fingerprint density at radius 2 is 2.32 bits per heavy atom. The SMILES string of the molecule is CC(C)(C)C(=O)N(Cc1cccs1)CC1CCCO1. The summed E-state index contributed by atoms with van der Waals surface area (Å²) in [6.45, 7) is 8.19. The van der Waals surface area contributed by atoms with E-state index in [9.17, 15) is 4.79 Å². The molecule has 2 heterocycles. The largest absolute Gasteiger partial charge is 0.376 e. The molecule has 4 heteroatoms. The smallest absolute Gasteiger partial charge is 0.228 e. The van der Waals surface area contributed by atoms with Crippen LogP contribution in [0.5, 0.6) is 0 Å². The summed E-state index contributed by atoms with van der Waals surface area (Å²) in [5, 5.41) is 2.06. The Hall–Kier alpha value is -0.870. The van der Waals surface area contributed by atoms with E-state index >= 15 is 0 Å². The van der Waals surface area contributed by atoms with Crippen molar-refractivity contribution in [3.8, 4) is 0 Å². The molecule has 1 aliphatic heterocycles. The second-order valence-electron chi connectivity index (χ2n) is 6.15. The fraction of sp³-hybridized carbons (Fsp3) is 0.667. The first-order chi connectivity index (χ1) is 8.97. The van der Waals surface area contributed by atoms with Crippen molar-refractivity contribution in [2.75, 3.05) is 13.2 Å². The number of ether oxygens (including phenoxy) is 1. The molecule has 19 heavy (non-hydrogen) atoms. The van der Waals surface area contributed by atoms with Crippen LogP contribution >= 0.6 is 11.3 Å².